The first-order valence-electron chi connectivity index (χ1n) is 9.76. The number of hydrogen-bond donors (Lipinski definition) is 1. The van der Waals surface area contributed by atoms with Crippen molar-refractivity contribution in [1.29, 1.82) is 0 Å². The van der Waals surface area contributed by atoms with Crippen LogP contribution in [0.4, 0.5) is 0 Å². The molecule has 1 amide bonds. The summed E-state index contributed by atoms with van der Waals surface area (Å²) in [5.74, 6) is 2.05. The molecule has 6 nitrogen and oxygen atoms in total. The summed E-state index contributed by atoms with van der Waals surface area (Å²) in [6, 6.07) is 11.3. The highest BCUT2D eigenvalue weighted by Crippen LogP contribution is 2.24. The zero-order valence-electron chi connectivity index (χ0n) is 17.0. The van der Waals surface area contributed by atoms with E-state index < -0.39 is 0 Å². The second-order valence-electron chi connectivity index (χ2n) is 7.38. The molecule has 1 aromatic carbocycles. The summed E-state index contributed by atoms with van der Waals surface area (Å²) in [4.78, 5) is 21.9. The van der Waals surface area contributed by atoms with Crippen molar-refractivity contribution in [2.24, 2.45) is 13.0 Å². The van der Waals surface area contributed by atoms with Crippen molar-refractivity contribution in [2.45, 2.75) is 39.7 Å². The predicted octanol–water partition coefficient (Wildman–Crippen LogP) is 3.81. The van der Waals surface area contributed by atoms with Gasteiger partial charge in [-0.1, -0.05) is 26.0 Å². The third-order valence-electron chi connectivity index (χ3n) is 4.62. The summed E-state index contributed by atoms with van der Waals surface area (Å²) in [6.07, 6.45) is 2.89. The summed E-state index contributed by atoms with van der Waals surface area (Å²) in [7, 11) is 1.95. The maximum absolute atomic E-state index is 12.7. The van der Waals surface area contributed by atoms with E-state index in [1.165, 1.54) is 0 Å². The van der Waals surface area contributed by atoms with Crippen molar-refractivity contribution in [3.63, 3.8) is 0 Å². The van der Waals surface area contributed by atoms with E-state index in [1.54, 1.807) is 6.20 Å². The van der Waals surface area contributed by atoms with Crippen LogP contribution in [0.25, 0.3) is 11.2 Å². The standard InChI is InChI=1S/C22H28N4O2/c1-5-28-17-10-8-16(9-11-17)14-20(27)24-19(13-15(2)3)22-25-18-7-6-12-23-21(18)26(22)4/h6-12,15,19H,5,13-14H2,1-4H3,(H,24,27). The van der Waals surface area contributed by atoms with Crippen molar-refractivity contribution >= 4 is 17.1 Å². The van der Waals surface area contributed by atoms with E-state index in [2.05, 4.69) is 24.1 Å². The molecule has 0 saturated carbocycles. The number of carbonyl (C=O) groups excluding carboxylic acids is 1. The molecule has 6 heteroatoms. The lowest BCUT2D eigenvalue weighted by atomic mass is 10.0. The van der Waals surface area contributed by atoms with E-state index in [0.29, 0.717) is 18.9 Å². The molecule has 1 atom stereocenters. The van der Waals surface area contributed by atoms with Crippen LogP contribution in [0, 0.1) is 5.92 Å². The number of nitrogens with one attached hydrogen (secondary N) is 1. The number of hydrogen-bond acceptors (Lipinski definition) is 4. The van der Waals surface area contributed by atoms with Crippen LogP contribution in [0.2, 0.25) is 0 Å². The zero-order valence-corrected chi connectivity index (χ0v) is 17.0. The maximum atomic E-state index is 12.7. The van der Waals surface area contributed by atoms with Gasteiger partial charge in [-0.15, -0.1) is 0 Å². The topological polar surface area (TPSA) is 69.0 Å². The molecular weight excluding hydrogens is 352 g/mol. The highest BCUT2D eigenvalue weighted by atomic mass is 16.5. The Labute approximate surface area is 166 Å². The van der Waals surface area contributed by atoms with Crippen LogP contribution in [-0.2, 0) is 18.3 Å². The minimum atomic E-state index is -0.158. The minimum absolute atomic E-state index is 0.0187. The lowest BCUT2D eigenvalue weighted by molar-refractivity contribution is -0.121. The summed E-state index contributed by atoms with van der Waals surface area (Å²) < 4.78 is 7.43. The van der Waals surface area contributed by atoms with Crippen molar-refractivity contribution in [3.8, 4) is 5.75 Å². The molecule has 0 saturated heterocycles. The lowest BCUT2D eigenvalue weighted by Gasteiger charge is -2.20. The number of nitrogens with zero attached hydrogens (tertiary/aromatic N) is 3. The Morgan fingerprint density at radius 1 is 1.21 bits per heavy atom. The third-order valence-corrected chi connectivity index (χ3v) is 4.62. The molecule has 0 radical (unpaired) electrons. The van der Waals surface area contributed by atoms with Gasteiger partial charge in [0.2, 0.25) is 5.91 Å². The highest BCUT2D eigenvalue weighted by Gasteiger charge is 2.22. The number of ether oxygens (including phenoxy) is 1. The highest BCUT2D eigenvalue weighted by molar-refractivity contribution is 5.79. The first-order valence-corrected chi connectivity index (χ1v) is 9.76. The van der Waals surface area contributed by atoms with Crippen molar-refractivity contribution in [3.05, 3.63) is 54.0 Å². The Balaban J connectivity index is 1.76. The van der Waals surface area contributed by atoms with Gasteiger partial charge in [0.1, 0.15) is 17.1 Å². The van der Waals surface area contributed by atoms with Crippen LogP contribution >= 0.6 is 0 Å². The quantitative estimate of drug-likeness (QED) is 0.645. The Bertz CT molecular complexity index is 931. The minimum Gasteiger partial charge on any atom is -0.494 e. The zero-order chi connectivity index (χ0) is 20.1. The average Bonchev–Trinajstić information content (AvgIpc) is 3.00. The van der Waals surface area contributed by atoms with Gasteiger partial charge in [-0.05, 0) is 49.1 Å². The molecule has 0 aliphatic heterocycles. The average molecular weight is 380 g/mol. The van der Waals surface area contributed by atoms with E-state index in [-0.39, 0.29) is 11.9 Å². The summed E-state index contributed by atoms with van der Waals surface area (Å²) in [6.45, 7) is 6.87. The summed E-state index contributed by atoms with van der Waals surface area (Å²) >= 11 is 0. The number of benzene rings is 1. The Morgan fingerprint density at radius 3 is 2.61 bits per heavy atom. The molecule has 28 heavy (non-hydrogen) atoms. The van der Waals surface area contributed by atoms with Gasteiger partial charge in [-0.2, -0.15) is 0 Å². The van der Waals surface area contributed by atoms with Crippen molar-refractivity contribution < 1.29 is 9.53 Å². The van der Waals surface area contributed by atoms with E-state index in [0.717, 1.165) is 34.7 Å². The Morgan fingerprint density at radius 2 is 1.96 bits per heavy atom. The second-order valence-corrected chi connectivity index (χ2v) is 7.38. The monoisotopic (exact) mass is 380 g/mol. The van der Waals surface area contributed by atoms with Crippen LogP contribution in [0.3, 0.4) is 0 Å². The summed E-state index contributed by atoms with van der Waals surface area (Å²) in [5, 5.41) is 3.17. The van der Waals surface area contributed by atoms with E-state index in [9.17, 15) is 4.79 Å². The number of amides is 1. The SMILES string of the molecule is CCOc1ccc(CC(=O)NC(CC(C)C)c2nc3cccnc3n2C)cc1. The molecule has 1 N–H and O–H groups in total. The first-order chi connectivity index (χ1) is 13.5. The van der Waals surface area contributed by atoms with Crippen LogP contribution < -0.4 is 10.1 Å². The third kappa shape index (κ3) is 4.68. The van der Waals surface area contributed by atoms with E-state index >= 15 is 0 Å². The van der Waals surface area contributed by atoms with Crippen LogP contribution in [0.1, 0.15) is 44.6 Å². The summed E-state index contributed by atoms with van der Waals surface area (Å²) in [5.41, 5.74) is 2.62. The molecule has 1 unspecified atom stereocenters. The fraction of sp³-hybridized carbons (Fsp3) is 0.409. The Kier molecular flexibility index (Phi) is 6.29. The molecule has 0 spiro atoms. The normalized spacial score (nSPS) is 12.3. The number of pyridine rings is 1. The molecule has 3 aromatic rings. The van der Waals surface area contributed by atoms with Crippen molar-refractivity contribution in [1.82, 2.24) is 19.9 Å². The lowest BCUT2D eigenvalue weighted by Crippen LogP contribution is -2.32. The number of aryl methyl sites for hydroxylation is 1. The fourth-order valence-corrected chi connectivity index (χ4v) is 3.35. The van der Waals surface area contributed by atoms with E-state index in [4.69, 9.17) is 9.72 Å². The fourth-order valence-electron chi connectivity index (χ4n) is 3.35. The van der Waals surface area contributed by atoms with Gasteiger partial charge in [-0.25, -0.2) is 9.97 Å². The van der Waals surface area contributed by atoms with Gasteiger partial charge in [0, 0.05) is 13.2 Å². The van der Waals surface area contributed by atoms with Crippen LogP contribution in [0.5, 0.6) is 5.75 Å². The van der Waals surface area contributed by atoms with Gasteiger partial charge in [0.05, 0.1) is 19.1 Å². The predicted molar refractivity (Wildman–Crippen MR) is 110 cm³/mol. The molecular formula is C22H28N4O2. The first kappa shape index (κ1) is 19.9. The van der Waals surface area contributed by atoms with Gasteiger partial charge < -0.3 is 14.6 Å². The number of carbonyl (C=O) groups is 1. The number of rotatable bonds is 8. The molecule has 3 rings (SSSR count). The number of imidazole rings is 1. The number of fused-ring (bicyclic) bond motifs is 1. The molecule has 0 bridgehead atoms. The van der Waals surface area contributed by atoms with Gasteiger partial charge in [0.25, 0.3) is 0 Å². The second kappa shape index (κ2) is 8.87. The van der Waals surface area contributed by atoms with E-state index in [1.807, 2.05) is 54.9 Å². The smallest absolute Gasteiger partial charge is 0.225 e. The van der Waals surface area contributed by atoms with Crippen LogP contribution in [0.15, 0.2) is 42.6 Å². The van der Waals surface area contributed by atoms with Gasteiger partial charge >= 0.3 is 0 Å². The molecule has 148 valence electrons. The maximum Gasteiger partial charge on any atom is 0.225 e. The van der Waals surface area contributed by atoms with Gasteiger partial charge in [-0.3, -0.25) is 4.79 Å². The molecule has 0 aliphatic rings. The number of aromatic nitrogens is 3. The van der Waals surface area contributed by atoms with Crippen molar-refractivity contribution in [2.75, 3.05) is 6.61 Å². The Hall–Kier alpha value is -2.89. The largest absolute Gasteiger partial charge is 0.494 e. The molecule has 0 aliphatic carbocycles. The van der Waals surface area contributed by atoms with Crippen LogP contribution in [-0.4, -0.2) is 27.0 Å². The molecule has 2 aromatic heterocycles. The molecule has 0 fully saturated rings. The molecule has 2 heterocycles. The van der Waals surface area contributed by atoms with Gasteiger partial charge in [0.15, 0.2) is 5.65 Å².